The Labute approximate surface area is 198 Å². The SMILES string of the molecule is O=C(/C=C/c1ccoc1)N1CC[C@@]2(O)[C@H]3Cc4ccc(O)c5c4[C@@]2(CCN3CC2CC2)[C@H](C1)O5. The second-order valence-electron chi connectivity index (χ2n) is 10.8. The summed E-state index contributed by atoms with van der Waals surface area (Å²) in [4.78, 5) is 17.5. The molecule has 4 heterocycles. The Bertz CT molecular complexity index is 1170. The van der Waals surface area contributed by atoms with Gasteiger partial charge < -0.3 is 24.3 Å². The summed E-state index contributed by atoms with van der Waals surface area (Å²) in [5.74, 6) is 1.27. The van der Waals surface area contributed by atoms with E-state index in [4.69, 9.17) is 9.15 Å². The lowest BCUT2D eigenvalue weighted by Gasteiger charge is -2.60. The molecule has 1 aromatic carbocycles. The molecule has 5 aliphatic rings. The predicted molar refractivity (Wildman–Crippen MR) is 124 cm³/mol. The Morgan fingerprint density at radius 1 is 1.21 bits per heavy atom. The molecule has 2 N–H and O–H groups in total. The lowest BCUT2D eigenvalue weighted by Crippen LogP contribution is -2.74. The molecule has 1 saturated carbocycles. The molecule has 3 fully saturated rings. The van der Waals surface area contributed by atoms with Crippen LogP contribution < -0.4 is 4.74 Å². The molecule has 1 spiro atoms. The van der Waals surface area contributed by atoms with E-state index in [-0.39, 0.29) is 23.8 Å². The number of phenols is 1. The van der Waals surface area contributed by atoms with Gasteiger partial charge in [0.05, 0.1) is 30.1 Å². The monoisotopic (exact) mass is 462 g/mol. The van der Waals surface area contributed by atoms with Crippen LogP contribution in [0.15, 0.2) is 41.2 Å². The molecule has 0 radical (unpaired) electrons. The van der Waals surface area contributed by atoms with Gasteiger partial charge in [0.1, 0.15) is 6.10 Å². The van der Waals surface area contributed by atoms with Gasteiger partial charge in [0.2, 0.25) is 5.91 Å². The number of nitrogens with zero attached hydrogens (tertiary/aromatic N) is 2. The molecule has 2 saturated heterocycles. The van der Waals surface area contributed by atoms with E-state index in [9.17, 15) is 15.0 Å². The molecule has 1 amide bonds. The Morgan fingerprint density at radius 2 is 2.09 bits per heavy atom. The molecular weight excluding hydrogens is 432 g/mol. The van der Waals surface area contributed by atoms with Crippen molar-refractivity contribution >= 4 is 12.0 Å². The van der Waals surface area contributed by atoms with E-state index < -0.39 is 11.0 Å². The van der Waals surface area contributed by atoms with Crippen molar-refractivity contribution in [2.75, 3.05) is 26.2 Å². The van der Waals surface area contributed by atoms with Gasteiger partial charge in [0.15, 0.2) is 11.5 Å². The van der Waals surface area contributed by atoms with Crippen molar-refractivity contribution in [3.63, 3.8) is 0 Å². The number of amides is 1. The van der Waals surface area contributed by atoms with E-state index in [1.54, 1.807) is 41.7 Å². The normalized spacial score (nSPS) is 34.1. The van der Waals surface area contributed by atoms with E-state index in [1.807, 2.05) is 6.07 Å². The minimum absolute atomic E-state index is 0.00697. The van der Waals surface area contributed by atoms with E-state index >= 15 is 0 Å². The third-order valence-corrected chi connectivity index (χ3v) is 9.06. The zero-order valence-corrected chi connectivity index (χ0v) is 19.2. The van der Waals surface area contributed by atoms with Crippen molar-refractivity contribution < 1.29 is 24.2 Å². The third-order valence-electron chi connectivity index (χ3n) is 9.06. The number of hydrogen-bond donors (Lipinski definition) is 2. The van der Waals surface area contributed by atoms with Crippen molar-refractivity contribution in [1.82, 2.24) is 9.80 Å². The molecule has 4 atom stereocenters. The predicted octanol–water partition coefficient (Wildman–Crippen LogP) is 2.70. The number of piperidine rings is 1. The molecule has 7 heteroatoms. The van der Waals surface area contributed by atoms with Crippen LogP contribution >= 0.6 is 0 Å². The zero-order valence-electron chi connectivity index (χ0n) is 19.2. The third kappa shape index (κ3) is 2.74. The second kappa shape index (κ2) is 7.12. The Morgan fingerprint density at radius 3 is 2.88 bits per heavy atom. The largest absolute Gasteiger partial charge is 0.504 e. The zero-order chi connectivity index (χ0) is 23.1. The van der Waals surface area contributed by atoms with Gasteiger partial charge in [-0.05, 0) is 68.3 Å². The molecule has 7 rings (SSSR count). The fourth-order valence-electron chi connectivity index (χ4n) is 7.25. The molecular formula is C27H30N2O5. The number of benzene rings is 1. The van der Waals surface area contributed by atoms with Gasteiger partial charge >= 0.3 is 0 Å². The molecule has 2 aliphatic carbocycles. The summed E-state index contributed by atoms with van der Waals surface area (Å²) in [7, 11) is 0. The van der Waals surface area contributed by atoms with Gasteiger partial charge in [-0.15, -0.1) is 0 Å². The maximum Gasteiger partial charge on any atom is 0.246 e. The molecule has 0 unspecified atom stereocenters. The summed E-state index contributed by atoms with van der Waals surface area (Å²) in [5.41, 5.74) is 1.37. The fraction of sp³-hybridized carbons (Fsp3) is 0.519. The molecule has 1 aromatic heterocycles. The van der Waals surface area contributed by atoms with E-state index in [1.165, 1.54) is 18.4 Å². The summed E-state index contributed by atoms with van der Waals surface area (Å²) in [5, 5.41) is 23.3. The topological polar surface area (TPSA) is 86.4 Å². The quantitative estimate of drug-likeness (QED) is 0.680. The van der Waals surface area contributed by atoms with Crippen molar-refractivity contribution in [3.8, 4) is 11.5 Å². The summed E-state index contributed by atoms with van der Waals surface area (Å²) in [6, 6.07) is 5.53. The van der Waals surface area contributed by atoms with Crippen LogP contribution in [0.5, 0.6) is 11.5 Å². The molecule has 2 aromatic rings. The summed E-state index contributed by atoms with van der Waals surface area (Å²) >= 11 is 0. The number of carbonyl (C=O) groups is 1. The van der Waals surface area contributed by atoms with Crippen LogP contribution in [0.3, 0.4) is 0 Å². The van der Waals surface area contributed by atoms with Crippen molar-refractivity contribution in [1.29, 1.82) is 0 Å². The van der Waals surface area contributed by atoms with Gasteiger partial charge in [0, 0.05) is 36.3 Å². The first-order chi connectivity index (χ1) is 16.5. The maximum absolute atomic E-state index is 13.2. The van der Waals surface area contributed by atoms with Crippen LogP contribution in [0.4, 0.5) is 0 Å². The highest BCUT2D eigenvalue weighted by atomic mass is 16.5. The number of phenolic OH excluding ortho intramolecular Hbond substituents is 1. The standard InChI is InChI=1S/C27H30N2O5/c30-20-5-4-19-13-21-27(32)9-11-29(23(31)6-3-18-7-12-33-16-18)15-22-26(27,24(19)25(20)34-22)8-10-28(21)14-17-1-2-17/h3-7,12,16-17,21-22,30,32H,1-2,8-11,13-15H2/b6-3+/t21-,22+,26-,27-/m1/s1. The summed E-state index contributed by atoms with van der Waals surface area (Å²) < 4.78 is 11.5. The van der Waals surface area contributed by atoms with E-state index in [0.717, 1.165) is 43.0 Å². The first-order valence-corrected chi connectivity index (χ1v) is 12.5. The average Bonchev–Trinajstić information content (AvgIpc) is 3.39. The van der Waals surface area contributed by atoms with Gasteiger partial charge in [-0.3, -0.25) is 9.69 Å². The highest BCUT2D eigenvalue weighted by molar-refractivity contribution is 5.91. The molecule has 2 bridgehead atoms. The first kappa shape index (κ1) is 20.6. The molecule has 3 aliphatic heterocycles. The van der Waals surface area contributed by atoms with Gasteiger partial charge in [-0.25, -0.2) is 0 Å². The van der Waals surface area contributed by atoms with Gasteiger partial charge in [-0.2, -0.15) is 0 Å². The number of aliphatic hydroxyl groups is 1. The van der Waals surface area contributed by atoms with Gasteiger partial charge in [-0.1, -0.05) is 6.07 Å². The lowest BCUT2D eigenvalue weighted by atomic mass is 9.52. The van der Waals surface area contributed by atoms with Crippen LogP contribution in [0, 0.1) is 5.92 Å². The smallest absolute Gasteiger partial charge is 0.246 e. The molecule has 34 heavy (non-hydrogen) atoms. The van der Waals surface area contributed by atoms with Crippen LogP contribution in [0.25, 0.3) is 6.08 Å². The molecule has 7 nitrogen and oxygen atoms in total. The highest BCUT2D eigenvalue weighted by Crippen LogP contribution is 2.63. The van der Waals surface area contributed by atoms with Crippen LogP contribution in [-0.2, 0) is 16.6 Å². The first-order valence-electron chi connectivity index (χ1n) is 12.5. The highest BCUT2D eigenvalue weighted by Gasteiger charge is 2.71. The summed E-state index contributed by atoms with van der Waals surface area (Å²) in [6.07, 6.45) is 10.7. The summed E-state index contributed by atoms with van der Waals surface area (Å²) in [6.45, 7) is 2.81. The maximum atomic E-state index is 13.2. The average molecular weight is 463 g/mol. The number of likely N-dealkylation sites (tertiary alicyclic amines) is 2. The minimum atomic E-state index is -1.01. The van der Waals surface area contributed by atoms with Crippen molar-refractivity contribution in [3.05, 3.63) is 53.5 Å². The Hall–Kier alpha value is -2.77. The number of furan rings is 1. The number of aromatic hydroxyl groups is 1. The fourth-order valence-corrected chi connectivity index (χ4v) is 7.25. The van der Waals surface area contributed by atoms with Gasteiger partial charge in [0.25, 0.3) is 0 Å². The van der Waals surface area contributed by atoms with E-state index in [0.29, 0.717) is 25.3 Å². The number of rotatable bonds is 4. The van der Waals surface area contributed by atoms with Crippen molar-refractivity contribution in [2.45, 2.75) is 55.3 Å². The van der Waals surface area contributed by atoms with Crippen LogP contribution in [-0.4, -0.2) is 69.8 Å². The van der Waals surface area contributed by atoms with Crippen LogP contribution in [0.1, 0.15) is 42.4 Å². The Kier molecular flexibility index (Phi) is 4.31. The number of carbonyl (C=O) groups excluding carboxylic acids is 1. The van der Waals surface area contributed by atoms with Crippen molar-refractivity contribution in [2.24, 2.45) is 5.92 Å². The Balaban J connectivity index is 1.29. The minimum Gasteiger partial charge on any atom is -0.504 e. The lowest BCUT2D eigenvalue weighted by molar-refractivity contribution is -0.162. The van der Waals surface area contributed by atoms with E-state index in [2.05, 4.69) is 4.90 Å². The number of hydrogen-bond acceptors (Lipinski definition) is 6. The number of ether oxygens (including phenoxy) is 1. The molecule has 178 valence electrons. The van der Waals surface area contributed by atoms with Crippen LogP contribution in [0.2, 0.25) is 0 Å². The second-order valence-corrected chi connectivity index (χ2v) is 10.8.